The maximum absolute atomic E-state index is 12.6. The van der Waals surface area contributed by atoms with Crippen molar-refractivity contribution in [3.05, 3.63) is 45.8 Å². The van der Waals surface area contributed by atoms with Crippen molar-refractivity contribution < 1.29 is 18.0 Å². The Hall–Kier alpha value is -1.94. The number of thiophene rings is 1. The summed E-state index contributed by atoms with van der Waals surface area (Å²) in [6, 6.07) is 8.02. The van der Waals surface area contributed by atoms with Gasteiger partial charge >= 0.3 is 0 Å². The first-order valence-corrected chi connectivity index (χ1v) is 12.9. The zero-order chi connectivity index (χ0) is 22.6. The number of carbonyl (C=O) groups is 2. The Morgan fingerprint density at radius 3 is 2.42 bits per heavy atom. The van der Waals surface area contributed by atoms with Gasteiger partial charge in [-0.3, -0.25) is 9.59 Å². The number of hydrogen-bond donors (Lipinski definition) is 1. The number of halogens is 1. The number of rotatable bonds is 8. The minimum atomic E-state index is -3.48. The minimum Gasteiger partial charge on any atom is -0.339 e. The largest absolute Gasteiger partial charge is 0.339 e. The van der Waals surface area contributed by atoms with Crippen molar-refractivity contribution in [2.75, 3.05) is 31.5 Å². The molecule has 0 bridgehead atoms. The van der Waals surface area contributed by atoms with Gasteiger partial charge in [-0.1, -0.05) is 11.6 Å². The van der Waals surface area contributed by atoms with Crippen LogP contribution in [0.4, 0.5) is 5.69 Å². The second-order valence-corrected chi connectivity index (χ2v) is 11.0. The van der Waals surface area contributed by atoms with Crippen molar-refractivity contribution in [3.8, 4) is 0 Å². The van der Waals surface area contributed by atoms with Crippen molar-refractivity contribution in [2.45, 2.75) is 37.3 Å². The van der Waals surface area contributed by atoms with Crippen LogP contribution in [0, 0.1) is 0 Å². The van der Waals surface area contributed by atoms with E-state index in [1.165, 1.54) is 4.31 Å². The molecule has 0 saturated carbocycles. The molecule has 10 heteroatoms. The third kappa shape index (κ3) is 5.46. The van der Waals surface area contributed by atoms with Gasteiger partial charge < -0.3 is 10.2 Å². The Morgan fingerprint density at radius 2 is 1.81 bits per heavy atom. The Labute approximate surface area is 192 Å². The van der Waals surface area contributed by atoms with Crippen molar-refractivity contribution in [1.82, 2.24) is 9.21 Å². The number of benzene rings is 1. The molecule has 2 aromatic rings. The fraction of sp³-hybridized carbons (Fsp3) is 0.429. The van der Waals surface area contributed by atoms with E-state index >= 15 is 0 Å². The molecule has 7 nitrogen and oxygen atoms in total. The summed E-state index contributed by atoms with van der Waals surface area (Å²) in [7, 11) is -3.48. The predicted octanol–water partition coefficient (Wildman–Crippen LogP) is 3.85. The van der Waals surface area contributed by atoms with Gasteiger partial charge in [0.1, 0.15) is 4.21 Å². The van der Waals surface area contributed by atoms with E-state index in [2.05, 4.69) is 5.32 Å². The van der Waals surface area contributed by atoms with Crippen LogP contribution in [0.2, 0.25) is 5.02 Å². The normalized spacial score (nSPS) is 14.5. The molecule has 2 amide bonds. The van der Waals surface area contributed by atoms with Crippen LogP contribution in [0.5, 0.6) is 0 Å². The van der Waals surface area contributed by atoms with Gasteiger partial charge in [0.2, 0.25) is 5.91 Å². The molecule has 0 unspecified atom stereocenters. The molecule has 1 N–H and O–H groups in total. The van der Waals surface area contributed by atoms with E-state index in [0.29, 0.717) is 42.3 Å². The van der Waals surface area contributed by atoms with Crippen LogP contribution in [-0.4, -0.2) is 55.6 Å². The van der Waals surface area contributed by atoms with Gasteiger partial charge in [-0.25, -0.2) is 8.42 Å². The number of anilines is 1. The van der Waals surface area contributed by atoms with E-state index in [0.717, 1.165) is 24.2 Å². The molecule has 1 saturated heterocycles. The van der Waals surface area contributed by atoms with Gasteiger partial charge in [0, 0.05) is 36.7 Å². The molecule has 0 spiro atoms. The summed E-state index contributed by atoms with van der Waals surface area (Å²) in [5, 5.41) is 3.02. The molecule has 1 aliphatic rings. The minimum absolute atomic E-state index is 0.0535. The topological polar surface area (TPSA) is 86.8 Å². The van der Waals surface area contributed by atoms with Crippen LogP contribution < -0.4 is 5.32 Å². The lowest BCUT2D eigenvalue weighted by Crippen LogP contribution is -2.30. The van der Waals surface area contributed by atoms with E-state index in [4.69, 9.17) is 11.6 Å². The average Bonchev–Trinajstić information content (AvgIpc) is 3.41. The summed E-state index contributed by atoms with van der Waals surface area (Å²) in [5.41, 5.74) is 0.867. The third-order valence-corrected chi connectivity index (χ3v) is 8.93. The lowest BCUT2D eigenvalue weighted by Gasteiger charge is -2.19. The number of hydrogen-bond acceptors (Lipinski definition) is 5. The van der Waals surface area contributed by atoms with E-state index in [1.54, 1.807) is 35.2 Å². The van der Waals surface area contributed by atoms with E-state index < -0.39 is 10.0 Å². The van der Waals surface area contributed by atoms with Gasteiger partial charge in [0.05, 0.1) is 17.0 Å². The highest BCUT2D eigenvalue weighted by Gasteiger charge is 2.28. The standard InChI is InChI=1S/C21H26ClN3O4S2/c1-3-24(4-2)21(27)17-9-7-15(13-18(17)22)23-19(26)14-16-8-10-20(30-16)31(28,29)25-11-5-6-12-25/h7-10,13H,3-6,11-12,14H2,1-2H3,(H,23,26). The quantitative estimate of drug-likeness (QED) is 0.617. The fourth-order valence-corrected chi connectivity index (χ4v) is 6.75. The molecule has 0 aliphatic carbocycles. The summed E-state index contributed by atoms with van der Waals surface area (Å²) in [6.07, 6.45) is 1.81. The van der Waals surface area contributed by atoms with E-state index in [1.807, 2.05) is 13.8 Å². The summed E-state index contributed by atoms with van der Waals surface area (Å²) in [6.45, 7) is 6.06. The van der Waals surface area contributed by atoms with Crippen LogP contribution in [0.15, 0.2) is 34.5 Å². The van der Waals surface area contributed by atoms with Crippen LogP contribution in [-0.2, 0) is 21.2 Å². The Morgan fingerprint density at radius 1 is 1.13 bits per heavy atom. The van der Waals surface area contributed by atoms with Crippen LogP contribution >= 0.6 is 22.9 Å². The lowest BCUT2D eigenvalue weighted by molar-refractivity contribution is -0.115. The first-order chi connectivity index (χ1) is 14.8. The summed E-state index contributed by atoms with van der Waals surface area (Å²) in [5.74, 6) is -0.441. The first-order valence-electron chi connectivity index (χ1n) is 10.2. The predicted molar refractivity (Wildman–Crippen MR) is 123 cm³/mol. The average molecular weight is 484 g/mol. The van der Waals surface area contributed by atoms with E-state index in [-0.39, 0.29) is 27.5 Å². The van der Waals surface area contributed by atoms with E-state index in [9.17, 15) is 18.0 Å². The highest BCUT2D eigenvalue weighted by Crippen LogP contribution is 2.28. The highest BCUT2D eigenvalue weighted by molar-refractivity contribution is 7.91. The van der Waals surface area contributed by atoms with Gasteiger partial charge in [0.15, 0.2) is 0 Å². The monoisotopic (exact) mass is 483 g/mol. The Bertz CT molecular complexity index is 1060. The molecule has 2 heterocycles. The van der Waals surface area contributed by atoms with Crippen LogP contribution in [0.3, 0.4) is 0 Å². The number of sulfonamides is 1. The molecule has 1 aliphatic heterocycles. The second-order valence-electron chi connectivity index (χ2n) is 7.23. The Balaban J connectivity index is 1.64. The zero-order valence-electron chi connectivity index (χ0n) is 17.6. The van der Waals surface area contributed by atoms with Crippen molar-refractivity contribution in [2.24, 2.45) is 0 Å². The maximum Gasteiger partial charge on any atom is 0.255 e. The maximum atomic E-state index is 12.6. The summed E-state index contributed by atoms with van der Waals surface area (Å²) in [4.78, 5) is 27.3. The number of nitrogens with one attached hydrogen (secondary N) is 1. The first kappa shape index (κ1) is 23.7. The summed E-state index contributed by atoms with van der Waals surface area (Å²) >= 11 is 7.39. The summed E-state index contributed by atoms with van der Waals surface area (Å²) < 4.78 is 27.0. The van der Waals surface area contributed by atoms with Crippen molar-refractivity contribution in [1.29, 1.82) is 0 Å². The van der Waals surface area contributed by atoms with Gasteiger partial charge in [-0.2, -0.15) is 4.31 Å². The van der Waals surface area contributed by atoms with Crippen molar-refractivity contribution in [3.63, 3.8) is 0 Å². The molecule has 0 atom stereocenters. The molecule has 31 heavy (non-hydrogen) atoms. The highest BCUT2D eigenvalue weighted by atomic mass is 35.5. The zero-order valence-corrected chi connectivity index (χ0v) is 19.9. The number of amides is 2. The fourth-order valence-electron chi connectivity index (χ4n) is 3.46. The lowest BCUT2D eigenvalue weighted by atomic mass is 10.1. The van der Waals surface area contributed by atoms with Gasteiger partial charge in [-0.05, 0) is 57.0 Å². The number of carbonyl (C=O) groups excluding carboxylic acids is 2. The number of nitrogens with zero attached hydrogens (tertiary/aromatic N) is 2. The molecule has 1 fully saturated rings. The van der Waals surface area contributed by atoms with Crippen LogP contribution in [0.25, 0.3) is 0 Å². The van der Waals surface area contributed by atoms with Gasteiger partial charge in [-0.15, -0.1) is 11.3 Å². The molecule has 1 aromatic heterocycles. The molecular weight excluding hydrogens is 458 g/mol. The second kappa shape index (κ2) is 10.1. The smallest absolute Gasteiger partial charge is 0.255 e. The third-order valence-electron chi connectivity index (χ3n) is 5.16. The van der Waals surface area contributed by atoms with Gasteiger partial charge in [0.25, 0.3) is 15.9 Å². The molecule has 168 valence electrons. The molecule has 0 radical (unpaired) electrons. The Kier molecular flexibility index (Phi) is 7.74. The molecular formula is C21H26ClN3O4S2. The van der Waals surface area contributed by atoms with Crippen LogP contribution in [0.1, 0.15) is 41.9 Å². The SMILES string of the molecule is CCN(CC)C(=O)c1ccc(NC(=O)Cc2ccc(S(=O)(=O)N3CCCC3)s2)cc1Cl. The van der Waals surface area contributed by atoms with Crippen molar-refractivity contribution >= 4 is 50.5 Å². The molecule has 3 rings (SSSR count). The molecule has 1 aromatic carbocycles.